The first-order valence-electron chi connectivity index (χ1n) is 13.0. The molecule has 2 aromatic rings. The molecule has 1 unspecified atom stereocenters. The lowest BCUT2D eigenvalue weighted by atomic mass is 9.89. The maximum absolute atomic E-state index is 12.9. The number of carbonyl (C=O) groups is 3. The van der Waals surface area contributed by atoms with E-state index in [0.717, 1.165) is 42.5 Å². The van der Waals surface area contributed by atoms with E-state index in [1.165, 1.54) is 17.5 Å². The van der Waals surface area contributed by atoms with Gasteiger partial charge in [-0.2, -0.15) is 0 Å². The SMILES string of the molecule is O=C(O)C(Cc1ccc2c(c1)CCCC2)NC(=O)N1CCC(N2CCc3ccccc3NC2=O)CC1. The molecule has 8 heteroatoms. The molecule has 2 aliphatic heterocycles. The van der Waals surface area contributed by atoms with Gasteiger partial charge >= 0.3 is 18.0 Å². The van der Waals surface area contributed by atoms with E-state index in [9.17, 15) is 19.5 Å². The zero-order chi connectivity index (χ0) is 25.1. The predicted molar refractivity (Wildman–Crippen MR) is 137 cm³/mol. The van der Waals surface area contributed by atoms with Crippen molar-refractivity contribution >= 4 is 23.7 Å². The summed E-state index contributed by atoms with van der Waals surface area (Å²) in [6, 6.07) is 12.7. The van der Waals surface area contributed by atoms with E-state index in [4.69, 9.17) is 0 Å². The highest BCUT2D eigenvalue weighted by Gasteiger charge is 2.32. The third-order valence-corrected chi connectivity index (χ3v) is 7.78. The summed E-state index contributed by atoms with van der Waals surface area (Å²) in [7, 11) is 0. The van der Waals surface area contributed by atoms with Crippen molar-refractivity contribution in [3.05, 3.63) is 64.7 Å². The van der Waals surface area contributed by atoms with Crippen molar-refractivity contribution in [3.63, 3.8) is 0 Å². The monoisotopic (exact) mass is 490 g/mol. The average Bonchev–Trinajstić information content (AvgIpc) is 3.06. The number of hydrogen-bond acceptors (Lipinski definition) is 3. The first kappa shape index (κ1) is 24.2. The number of fused-ring (bicyclic) bond motifs is 2. The minimum atomic E-state index is -1.03. The highest BCUT2D eigenvalue weighted by Crippen LogP contribution is 2.25. The van der Waals surface area contributed by atoms with E-state index in [-0.39, 0.29) is 24.5 Å². The smallest absolute Gasteiger partial charge is 0.326 e. The molecule has 190 valence electrons. The molecule has 3 N–H and O–H groups in total. The zero-order valence-electron chi connectivity index (χ0n) is 20.5. The van der Waals surface area contributed by atoms with E-state index in [2.05, 4.69) is 22.8 Å². The van der Waals surface area contributed by atoms with Crippen LogP contribution in [0.15, 0.2) is 42.5 Å². The Morgan fingerprint density at radius 2 is 1.72 bits per heavy atom. The van der Waals surface area contributed by atoms with E-state index in [0.29, 0.717) is 32.5 Å². The molecule has 0 bridgehead atoms. The normalized spacial score (nSPS) is 18.9. The van der Waals surface area contributed by atoms with Crippen LogP contribution in [0.1, 0.15) is 47.9 Å². The van der Waals surface area contributed by atoms with Crippen molar-refractivity contribution in [2.45, 2.75) is 63.5 Å². The van der Waals surface area contributed by atoms with Crippen LogP contribution in [-0.2, 0) is 30.5 Å². The fourth-order valence-corrected chi connectivity index (χ4v) is 5.71. The molecule has 0 radical (unpaired) electrons. The zero-order valence-corrected chi connectivity index (χ0v) is 20.5. The molecule has 4 amide bonds. The van der Waals surface area contributed by atoms with Crippen molar-refractivity contribution < 1.29 is 19.5 Å². The lowest BCUT2D eigenvalue weighted by Crippen LogP contribution is -2.54. The Bertz CT molecular complexity index is 1140. The highest BCUT2D eigenvalue weighted by atomic mass is 16.4. The Morgan fingerprint density at radius 1 is 0.972 bits per heavy atom. The molecule has 1 atom stereocenters. The number of likely N-dealkylation sites (tertiary alicyclic amines) is 1. The van der Waals surface area contributed by atoms with Gasteiger partial charge in [0.1, 0.15) is 6.04 Å². The number of piperidine rings is 1. The predicted octanol–water partition coefficient (Wildman–Crippen LogP) is 3.83. The molecule has 8 nitrogen and oxygen atoms in total. The van der Waals surface area contributed by atoms with E-state index in [1.54, 1.807) is 4.90 Å². The van der Waals surface area contributed by atoms with Gasteiger partial charge in [0.05, 0.1) is 0 Å². The minimum absolute atomic E-state index is 0.0501. The molecule has 0 saturated carbocycles. The second-order valence-electron chi connectivity index (χ2n) is 10.1. The van der Waals surface area contributed by atoms with Gasteiger partial charge in [-0.05, 0) is 73.3 Å². The fourth-order valence-electron chi connectivity index (χ4n) is 5.71. The van der Waals surface area contributed by atoms with E-state index >= 15 is 0 Å². The number of nitrogens with zero attached hydrogens (tertiary/aromatic N) is 2. The van der Waals surface area contributed by atoms with Gasteiger partial charge in [0, 0.05) is 37.8 Å². The maximum Gasteiger partial charge on any atom is 0.326 e. The number of anilines is 1. The molecule has 0 spiro atoms. The van der Waals surface area contributed by atoms with E-state index in [1.807, 2.05) is 35.2 Å². The van der Waals surface area contributed by atoms with Crippen molar-refractivity contribution in [1.82, 2.24) is 15.1 Å². The van der Waals surface area contributed by atoms with Gasteiger partial charge in [0.25, 0.3) is 0 Å². The average molecular weight is 491 g/mol. The van der Waals surface area contributed by atoms with Gasteiger partial charge in [-0.15, -0.1) is 0 Å². The number of carbonyl (C=O) groups excluding carboxylic acids is 2. The number of carboxylic acid groups (broad SMARTS) is 1. The standard InChI is InChI=1S/C28H34N4O4/c33-26(34)25(18-19-9-10-20-5-1-2-7-22(20)17-19)30-27(35)31-14-12-23(13-15-31)32-16-11-21-6-3-4-8-24(21)29-28(32)36/h3-4,6,8-10,17,23,25H,1-2,5,7,11-16,18H2,(H,29,36)(H,30,35)(H,33,34). The topological polar surface area (TPSA) is 102 Å². The van der Waals surface area contributed by atoms with Crippen LogP contribution < -0.4 is 10.6 Å². The van der Waals surface area contributed by atoms with Gasteiger partial charge in [-0.3, -0.25) is 0 Å². The van der Waals surface area contributed by atoms with Crippen LogP contribution in [0.4, 0.5) is 15.3 Å². The first-order chi connectivity index (χ1) is 17.5. The van der Waals surface area contributed by atoms with E-state index < -0.39 is 12.0 Å². The summed E-state index contributed by atoms with van der Waals surface area (Å²) in [5, 5.41) is 15.5. The number of nitrogens with one attached hydrogen (secondary N) is 2. The van der Waals surface area contributed by atoms with Crippen molar-refractivity contribution in [2.75, 3.05) is 25.0 Å². The number of aryl methyl sites for hydroxylation is 2. The molecular formula is C28H34N4O4. The Kier molecular flexibility index (Phi) is 7.11. The van der Waals surface area contributed by atoms with Gasteiger partial charge in [-0.1, -0.05) is 36.4 Å². The first-order valence-corrected chi connectivity index (χ1v) is 13.0. The van der Waals surface area contributed by atoms with Crippen molar-refractivity contribution in [2.24, 2.45) is 0 Å². The number of benzene rings is 2. The quantitative estimate of drug-likeness (QED) is 0.593. The van der Waals surface area contributed by atoms with Crippen LogP contribution in [0.3, 0.4) is 0 Å². The van der Waals surface area contributed by atoms with Crippen LogP contribution >= 0.6 is 0 Å². The number of amides is 4. The summed E-state index contributed by atoms with van der Waals surface area (Å²) in [6.07, 6.45) is 6.86. The van der Waals surface area contributed by atoms with Gasteiger partial charge in [0.2, 0.25) is 0 Å². The van der Waals surface area contributed by atoms with Gasteiger partial charge in [-0.25, -0.2) is 14.4 Å². The molecule has 1 saturated heterocycles. The Morgan fingerprint density at radius 3 is 2.50 bits per heavy atom. The summed E-state index contributed by atoms with van der Waals surface area (Å²) < 4.78 is 0. The van der Waals surface area contributed by atoms with Gasteiger partial charge in [0.15, 0.2) is 0 Å². The number of aliphatic carboxylic acids is 1. The van der Waals surface area contributed by atoms with Crippen LogP contribution in [0, 0.1) is 0 Å². The minimum Gasteiger partial charge on any atom is -0.480 e. The molecular weight excluding hydrogens is 456 g/mol. The number of para-hydroxylation sites is 1. The highest BCUT2D eigenvalue weighted by molar-refractivity contribution is 5.91. The molecule has 5 rings (SSSR count). The maximum atomic E-state index is 12.9. The van der Waals surface area contributed by atoms with Gasteiger partial charge < -0.3 is 25.5 Å². The third kappa shape index (κ3) is 5.32. The molecule has 1 aliphatic carbocycles. The van der Waals surface area contributed by atoms with Crippen LogP contribution in [0.25, 0.3) is 0 Å². The Labute approximate surface area is 211 Å². The molecule has 2 heterocycles. The summed E-state index contributed by atoms with van der Waals surface area (Å²) >= 11 is 0. The summed E-state index contributed by atoms with van der Waals surface area (Å²) in [6.45, 7) is 1.61. The molecule has 0 aromatic heterocycles. The largest absolute Gasteiger partial charge is 0.480 e. The van der Waals surface area contributed by atoms with Crippen LogP contribution in [0.2, 0.25) is 0 Å². The Hall–Kier alpha value is -3.55. The lowest BCUT2D eigenvalue weighted by molar-refractivity contribution is -0.139. The summed E-state index contributed by atoms with van der Waals surface area (Å²) in [4.78, 5) is 41.3. The van der Waals surface area contributed by atoms with Crippen LogP contribution in [-0.4, -0.2) is 64.7 Å². The summed E-state index contributed by atoms with van der Waals surface area (Å²) in [5.41, 5.74) is 5.59. The van der Waals surface area contributed by atoms with Crippen molar-refractivity contribution in [1.29, 1.82) is 0 Å². The third-order valence-electron chi connectivity index (χ3n) is 7.78. The molecule has 2 aromatic carbocycles. The van der Waals surface area contributed by atoms with Crippen molar-refractivity contribution in [3.8, 4) is 0 Å². The number of urea groups is 2. The summed E-state index contributed by atoms with van der Waals surface area (Å²) in [5.74, 6) is -1.03. The number of carboxylic acids is 1. The molecule has 36 heavy (non-hydrogen) atoms. The number of hydrogen-bond donors (Lipinski definition) is 3. The second-order valence-corrected chi connectivity index (χ2v) is 10.1. The lowest BCUT2D eigenvalue weighted by Gasteiger charge is -2.38. The second kappa shape index (κ2) is 10.6. The van der Waals surface area contributed by atoms with Crippen LogP contribution in [0.5, 0.6) is 0 Å². The Balaban J connectivity index is 1.15. The molecule has 1 fully saturated rings. The fraction of sp³-hybridized carbons (Fsp3) is 0.464. The number of rotatable bonds is 5. The molecule has 3 aliphatic rings.